The summed E-state index contributed by atoms with van der Waals surface area (Å²) in [7, 11) is 0. The lowest BCUT2D eigenvalue weighted by Gasteiger charge is -2.20. The molecule has 2 rings (SSSR count). The Morgan fingerprint density at radius 1 is 1.04 bits per heavy atom. The molecule has 2 atom stereocenters. The van der Waals surface area contributed by atoms with Crippen molar-refractivity contribution in [2.75, 3.05) is 0 Å². The Labute approximate surface area is 158 Å². The fourth-order valence-electron chi connectivity index (χ4n) is 2.39. The molecule has 28 heavy (non-hydrogen) atoms. The van der Waals surface area contributed by atoms with Crippen LogP contribution in [0.2, 0.25) is 0 Å². The van der Waals surface area contributed by atoms with Gasteiger partial charge in [-0.15, -0.1) is 13.2 Å². The summed E-state index contributed by atoms with van der Waals surface area (Å²) in [4.78, 5) is 23.8. The molecule has 0 aliphatic rings. The van der Waals surface area contributed by atoms with Crippen molar-refractivity contribution in [1.82, 2.24) is 10.8 Å². The number of amides is 2. The van der Waals surface area contributed by atoms with E-state index in [2.05, 4.69) is 10.1 Å². The lowest BCUT2D eigenvalue weighted by atomic mass is 10.0. The zero-order chi connectivity index (χ0) is 20.9. The fraction of sp³-hybridized carbons (Fsp3) is 0.222. The van der Waals surface area contributed by atoms with Crippen LogP contribution >= 0.6 is 0 Å². The summed E-state index contributed by atoms with van der Waals surface area (Å²) < 4.78 is 40.4. The van der Waals surface area contributed by atoms with E-state index in [1.165, 1.54) is 48.8 Å². The van der Waals surface area contributed by atoms with Crippen LogP contribution < -0.4 is 21.3 Å². The van der Waals surface area contributed by atoms with E-state index in [0.717, 1.165) is 0 Å². The second kappa shape index (κ2) is 8.72. The van der Waals surface area contributed by atoms with Crippen molar-refractivity contribution in [2.45, 2.75) is 25.4 Å². The molecule has 0 spiro atoms. The second-order valence-corrected chi connectivity index (χ2v) is 5.94. The van der Waals surface area contributed by atoms with Crippen molar-refractivity contribution in [3.63, 3.8) is 0 Å². The fourth-order valence-corrected chi connectivity index (χ4v) is 2.39. The van der Waals surface area contributed by atoms with Crippen molar-refractivity contribution in [3.05, 3.63) is 54.1 Å². The largest absolute Gasteiger partial charge is 0.573 e. The molecule has 0 heterocycles. The summed E-state index contributed by atoms with van der Waals surface area (Å²) in [5.41, 5.74) is 8.57. The molecule has 2 aromatic carbocycles. The molecule has 0 aliphatic carbocycles. The highest BCUT2D eigenvalue weighted by Gasteiger charge is 2.31. The third-order valence-electron chi connectivity index (χ3n) is 3.77. The van der Waals surface area contributed by atoms with Crippen molar-refractivity contribution in [3.8, 4) is 16.9 Å². The summed E-state index contributed by atoms with van der Waals surface area (Å²) in [6, 6.07) is 9.57. The quantitative estimate of drug-likeness (QED) is 0.441. The molecule has 2 amide bonds. The first-order valence-electron chi connectivity index (χ1n) is 8.07. The zero-order valence-corrected chi connectivity index (χ0v) is 14.7. The van der Waals surface area contributed by atoms with Crippen LogP contribution in [-0.4, -0.2) is 35.5 Å². The number of alkyl halides is 3. The van der Waals surface area contributed by atoms with Crippen molar-refractivity contribution >= 4 is 11.8 Å². The maximum absolute atomic E-state index is 12.3. The Bertz CT molecular complexity index is 821. The van der Waals surface area contributed by atoms with Gasteiger partial charge in [-0.1, -0.05) is 24.3 Å². The number of hydrogen-bond acceptors (Lipinski definition) is 5. The lowest BCUT2D eigenvalue weighted by Crippen LogP contribution is -2.54. The van der Waals surface area contributed by atoms with E-state index in [-0.39, 0.29) is 11.3 Å². The molecule has 5 N–H and O–H groups in total. The molecule has 0 unspecified atom stereocenters. The van der Waals surface area contributed by atoms with Gasteiger partial charge in [-0.2, -0.15) is 0 Å². The van der Waals surface area contributed by atoms with Gasteiger partial charge in [-0.3, -0.25) is 14.8 Å². The maximum Gasteiger partial charge on any atom is 0.573 e. The molecule has 0 bridgehead atoms. The molecule has 0 aromatic heterocycles. The smallest absolute Gasteiger partial charge is 0.406 e. The monoisotopic (exact) mass is 397 g/mol. The molecule has 150 valence electrons. The molecule has 0 aliphatic heterocycles. The van der Waals surface area contributed by atoms with Gasteiger partial charge in [0.1, 0.15) is 11.8 Å². The summed E-state index contributed by atoms with van der Waals surface area (Å²) in [5.74, 6) is -1.76. The van der Waals surface area contributed by atoms with E-state index < -0.39 is 30.3 Å². The Hall–Kier alpha value is -3.11. The minimum Gasteiger partial charge on any atom is -0.406 e. The van der Waals surface area contributed by atoms with Gasteiger partial charge in [0.15, 0.2) is 0 Å². The highest BCUT2D eigenvalue weighted by molar-refractivity contribution is 5.98. The second-order valence-electron chi connectivity index (χ2n) is 5.94. The van der Waals surface area contributed by atoms with Gasteiger partial charge in [0.2, 0.25) is 0 Å². The van der Waals surface area contributed by atoms with E-state index in [1.807, 2.05) is 0 Å². The minimum atomic E-state index is -4.76. The topological polar surface area (TPSA) is 114 Å². The number of hydroxylamine groups is 1. The normalized spacial score (nSPS) is 13.4. The molecular weight excluding hydrogens is 379 g/mol. The van der Waals surface area contributed by atoms with Crippen molar-refractivity contribution in [1.29, 1.82) is 0 Å². The maximum atomic E-state index is 12.3. The van der Waals surface area contributed by atoms with E-state index in [1.54, 1.807) is 12.1 Å². The summed E-state index contributed by atoms with van der Waals surface area (Å²) in [6.45, 7) is 1.50. The highest BCUT2D eigenvalue weighted by Crippen LogP contribution is 2.26. The van der Waals surface area contributed by atoms with Gasteiger partial charge in [0, 0.05) is 11.6 Å². The van der Waals surface area contributed by atoms with Crippen LogP contribution in [-0.2, 0) is 4.79 Å². The zero-order valence-electron chi connectivity index (χ0n) is 14.7. The first-order valence-corrected chi connectivity index (χ1v) is 8.07. The third-order valence-corrected chi connectivity index (χ3v) is 3.77. The van der Waals surface area contributed by atoms with Crippen LogP contribution in [0.3, 0.4) is 0 Å². The van der Waals surface area contributed by atoms with Crippen LogP contribution in [0.5, 0.6) is 5.75 Å². The number of rotatable bonds is 6. The molecule has 2 aromatic rings. The Balaban J connectivity index is 2.10. The standard InChI is InChI=1S/C18H18F3N3O4/c1-10(22)15(17(26)24-27)23-16(25)13-4-2-11(3-5-13)12-6-8-14(9-7-12)28-18(19,20)21/h2-10,15,27H,22H2,1H3,(H,23,25)(H,24,26)/t10-,15+/m1/s1. The van der Waals surface area contributed by atoms with Crippen LogP contribution in [0.25, 0.3) is 11.1 Å². The van der Waals surface area contributed by atoms with Gasteiger partial charge in [0.05, 0.1) is 0 Å². The van der Waals surface area contributed by atoms with Gasteiger partial charge in [-0.05, 0) is 42.3 Å². The van der Waals surface area contributed by atoms with Gasteiger partial charge < -0.3 is 15.8 Å². The minimum absolute atomic E-state index is 0.233. The predicted octanol–water partition coefficient (Wildman–Crippen LogP) is 2.20. The van der Waals surface area contributed by atoms with Gasteiger partial charge >= 0.3 is 6.36 Å². The number of carbonyl (C=O) groups excluding carboxylic acids is 2. The molecule has 7 nitrogen and oxygen atoms in total. The van der Waals surface area contributed by atoms with Crippen LogP contribution in [0.4, 0.5) is 13.2 Å². The molecule has 0 saturated heterocycles. The predicted molar refractivity (Wildman–Crippen MR) is 93.4 cm³/mol. The number of nitrogens with one attached hydrogen (secondary N) is 2. The van der Waals surface area contributed by atoms with E-state index in [0.29, 0.717) is 11.1 Å². The Kier molecular flexibility index (Phi) is 6.60. The number of carbonyl (C=O) groups is 2. The molecule has 10 heteroatoms. The average Bonchev–Trinajstić information content (AvgIpc) is 2.64. The number of ether oxygens (including phenoxy) is 1. The number of nitrogens with two attached hydrogens (primary N) is 1. The Morgan fingerprint density at radius 3 is 1.96 bits per heavy atom. The number of benzene rings is 2. The summed E-state index contributed by atoms with van der Waals surface area (Å²) in [6.07, 6.45) is -4.76. The first kappa shape index (κ1) is 21.2. The van der Waals surface area contributed by atoms with Crippen molar-refractivity contribution in [2.24, 2.45) is 5.73 Å². The summed E-state index contributed by atoms with van der Waals surface area (Å²) >= 11 is 0. The Morgan fingerprint density at radius 2 is 1.54 bits per heavy atom. The van der Waals surface area contributed by atoms with Crippen LogP contribution in [0.1, 0.15) is 17.3 Å². The first-order chi connectivity index (χ1) is 13.1. The van der Waals surface area contributed by atoms with Crippen molar-refractivity contribution < 1.29 is 32.7 Å². The van der Waals surface area contributed by atoms with E-state index in [4.69, 9.17) is 10.9 Å². The highest BCUT2D eigenvalue weighted by atomic mass is 19.4. The molecule has 0 saturated carbocycles. The van der Waals surface area contributed by atoms with Gasteiger partial charge in [0.25, 0.3) is 11.8 Å². The third kappa shape index (κ3) is 5.69. The average molecular weight is 397 g/mol. The molecular formula is C18H18F3N3O4. The van der Waals surface area contributed by atoms with E-state index >= 15 is 0 Å². The SMILES string of the molecule is C[C@@H](N)[C@H](NC(=O)c1ccc(-c2ccc(OC(F)(F)F)cc2)cc1)C(=O)NO. The molecule has 0 radical (unpaired) electrons. The van der Waals surface area contributed by atoms with Crippen LogP contribution in [0.15, 0.2) is 48.5 Å². The van der Waals surface area contributed by atoms with Crippen LogP contribution in [0, 0.1) is 0 Å². The van der Waals surface area contributed by atoms with Gasteiger partial charge in [-0.25, -0.2) is 5.48 Å². The number of halogens is 3. The molecule has 0 fully saturated rings. The lowest BCUT2D eigenvalue weighted by molar-refractivity contribution is -0.274. The summed E-state index contributed by atoms with van der Waals surface area (Å²) in [5, 5.41) is 11.1. The van der Waals surface area contributed by atoms with E-state index in [9.17, 15) is 22.8 Å². The number of hydrogen-bond donors (Lipinski definition) is 4.